The second kappa shape index (κ2) is 9.62. The maximum absolute atomic E-state index is 12.7. The van der Waals surface area contributed by atoms with Crippen molar-refractivity contribution in [2.75, 3.05) is 5.01 Å². The van der Waals surface area contributed by atoms with Crippen LogP contribution in [0, 0.1) is 0 Å². The number of ketones is 1. The summed E-state index contributed by atoms with van der Waals surface area (Å²) in [5.41, 5.74) is 5.41. The van der Waals surface area contributed by atoms with E-state index in [0.29, 0.717) is 10.1 Å². The molecule has 0 amide bonds. The first-order valence-corrected chi connectivity index (χ1v) is 15.1. The number of thioether (sulfide) groups is 2. The van der Waals surface area contributed by atoms with Gasteiger partial charge in [-0.1, -0.05) is 122 Å². The second-order valence-corrected chi connectivity index (χ2v) is 13.9. The van der Waals surface area contributed by atoms with Gasteiger partial charge in [0, 0.05) is 26.5 Å². The molecule has 3 nitrogen and oxygen atoms in total. The van der Waals surface area contributed by atoms with E-state index < -0.39 is 8.95 Å². The Hall–Kier alpha value is -2.03. The van der Waals surface area contributed by atoms with Crippen molar-refractivity contribution in [2.45, 2.75) is 15.9 Å². The molecule has 0 unspecified atom stereocenters. The highest BCUT2D eigenvalue weighted by molar-refractivity contribution is 9.10. The lowest BCUT2D eigenvalue weighted by molar-refractivity contribution is -0.110. The maximum atomic E-state index is 12.7. The van der Waals surface area contributed by atoms with E-state index in [4.69, 9.17) is 16.7 Å². The number of hydrogen-bond donors (Lipinski definition) is 0. The summed E-state index contributed by atoms with van der Waals surface area (Å²) >= 11 is 16.9. The summed E-state index contributed by atoms with van der Waals surface area (Å²) in [5.74, 6) is -0.0585. The number of hydrazone groups is 1. The van der Waals surface area contributed by atoms with Crippen LogP contribution in [0.25, 0.3) is 0 Å². The average molecular weight is 671 g/mol. The van der Waals surface area contributed by atoms with Gasteiger partial charge in [-0.3, -0.25) is 4.79 Å². The quantitative estimate of drug-likeness (QED) is 0.217. The molecule has 0 saturated heterocycles. The van der Waals surface area contributed by atoms with E-state index in [-0.39, 0.29) is 5.78 Å². The lowest BCUT2D eigenvalue weighted by atomic mass is 9.82. The minimum absolute atomic E-state index is 0.0585. The summed E-state index contributed by atoms with van der Waals surface area (Å²) in [6.07, 6.45) is 0. The monoisotopic (exact) mass is 668 g/mol. The number of rotatable bonds is 4. The average Bonchev–Trinajstić information content (AvgIpc) is 3.43. The molecule has 2 aliphatic rings. The van der Waals surface area contributed by atoms with Gasteiger partial charge in [0.25, 0.3) is 0 Å². The lowest BCUT2D eigenvalue weighted by Crippen LogP contribution is -2.34. The predicted molar refractivity (Wildman–Crippen MR) is 164 cm³/mol. The maximum Gasteiger partial charge on any atom is 0.187 e. The number of Topliss-reactive ketones (excluding diaryl/α,β-unsaturated/α-hetero) is 1. The van der Waals surface area contributed by atoms with E-state index in [9.17, 15) is 4.79 Å². The van der Waals surface area contributed by atoms with Crippen molar-refractivity contribution in [1.82, 2.24) is 0 Å². The van der Waals surface area contributed by atoms with E-state index in [0.717, 1.165) is 31.3 Å². The van der Waals surface area contributed by atoms with Crippen molar-refractivity contribution in [3.8, 4) is 0 Å². The number of fused-ring (bicyclic) bond motifs is 2. The second-order valence-electron chi connectivity index (χ2n) is 8.78. The van der Waals surface area contributed by atoms with Crippen molar-refractivity contribution >= 4 is 83.5 Å². The molecule has 0 saturated carbocycles. The van der Waals surface area contributed by atoms with Crippen LogP contribution in [0.4, 0.5) is 5.69 Å². The Kier molecular flexibility index (Phi) is 6.56. The van der Waals surface area contributed by atoms with Gasteiger partial charge < -0.3 is 0 Å². The van der Waals surface area contributed by atoms with Crippen molar-refractivity contribution in [1.29, 1.82) is 0 Å². The van der Waals surface area contributed by atoms with E-state index in [1.807, 2.05) is 29.3 Å². The molecule has 4 aromatic carbocycles. The van der Waals surface area contributed by atoms with Crippen molar-refractivity contribution in [2.24, 2.45) is 5.10 Å². The molecule has 2 heterocycles. The summed E-state index contributed by atoms with van der Waals surface area (Å²) in [7, 11) is 0. The molecule has 37 heavy (non-hydrogen) atoms. The molecule has 0 bridgehead atoms. The van der Waals surface area contributed by atoms with Gasteiger partial charge in [0.1, 0.15) is 0 Å². The molecule has 0 fully saturated rings. The molecule has 0 aromatic heterocycles. The molecule has 184 valence electrons. The highest BCUT2D eigenvalue weighted by Crippen LogP contribution is 2.71. The van der Waals surface area contributed by atoms with Crippen LogP contribution in [0.1, 0.15) is 29.2 Å². The minimum Gasteiger partial charge on any atom is -0.292 e. The minimum atomic E-state index is -0.720. The number of hydrogen-bond acceptors (Lipinski definition) is 5. The number of anilines is 1. The Morgan fingerprint density at radius 1 is 0.838 bits per heavy atom. The first-order chi connectivity index (χ1) is 17.8. The van der Waals surface area contributed by atoms with Crippen molar-refractivity contribution in [3.63, 3.8) is 0 Å². The van der Waals surface area contributed by atoms with Crippen LogP contribution in [0.3, 0.4) is 0 Å². The molecule has 0 N–H and O–H groups in total. The Labute approximate surface area is 245 Å². The van der Waals surface area contributed by atoms with Gasteiger partial charge in [-0.05, 0) is 59.2 Å². The molecule has 0 radical (unpaired) electrons. The molecule has 8 heteroatoms. The topological polar surface area (TPSA) is 32.7 Å². The Morgan fingerprint density at radius 3 is 2.00 bits per heavy atom. The van der Waals surface area contributed by atoms with Gasteiger partial charge in [0.15, 0.2) is 15.0 Å². The first kappa shape index (κ1) is 25.3. The smallest absolute Gasteiger partial charge is 0.187 e. The summed E-state index contributed by atoms with van der Waals surface area (Å²) in [4.78, 5) is 12.7. The summed E-state index contributed by atoms with van der Waals surface area (Å²) in [6.45, 7) is 1.57. The van der Waals surface area contributed by atoms with Gasteiger partial charge >= 0.3 is 0 Å². The molecule has 1 spiro atoms. The molecule has 4 aromatic rings. The van der Waals surface area contributed by atoms with E-state index in [1.54, 1.807) is 18.7 Å². The van der Waals surface area contributed by atoms with E-state index in [2.05, 4.69) is 105 Å². The van der Waals surface area contributed by atoms with Crippen LogP contribution in [0.2, 0.25) is 5.02 Å². The molecular weight excluding hydrogens is 652 g/mol. The molecule has 1 atom stereocenters. The fourth-order valence-electron chi connectivity index (χ4n) is 4.91. The number of carbonyl (C=O) groups is 1. The van der Waals surface area contributed by atoms with E-state index in [1.165, 1.54) is 17.3 Å². The largest absolute Gasteiger partial charge is 0.292 e. The fraction of sp³-hybridized carbons (Fsp3) is 0.103. The number of nitrogens with zero attached hydrogens (tertiary/aromatic N) is 2. The third-order valence-electron chi connectivity index (χ3n) is 6.50. The zero-order valence-corrected chi connectivity index (χ0v) is 25.1. The Balaban J connectivity index is 1.65. The summed E-state index contributed by atoms with van der Waals surface area (Å²) < 4.78 is 0.767. The summed E-state index contributed by atoms with van der Waals surface area (Å²) in [6, 6.07) is 33.2. The highest BCUT2D eigenvalue weighted by atomic mass is 79.9. The number of halogens is 3. The first-order valence-electron chi connectivity index (χ1n) is 11.5. The predicted octanol–water partition coefficient (Wildman–Crippen LogP) is 9.17. The molecule has 6 rings (SSSR count). The van der Waals surface area contributed by atoms with Crippen LogP contribution >= 0.6 is 67.0 Å². The standard InChI is InChI=1S/C29H19Br2ClN2OS2/c1-18(35)27-33-34(24-6-4-5-23(32)17-24)29(36-27)26-8-3-2-7-25(26)28(37-29,19-9-13-21(30)14-10-19)20-11-15-22(31)16-12-20/h2-17H,1H3/t29-/m1/s1. The SMILES string of the molecule is CC(=O)C1=NN(c2cccc(Cl)c2)[C@]2(S1)SC(c1ccc(Br)cc1)(c1ccc(Br)cc1)c1ccccc12. The molecule has 0 aliphatic carbocycles. The van der Waals surface area contributed by atoms with Crippen LogP contribution in [-0.2, 0) is 13.7 Å². The summed E-state index contributed by atoms with van der Waals surface area (Å²) in [5, 5.41) is 7.95. The Morgan fingerprint density at radius 2 is 1.43 bits per heavy atom. The zero-order valence-electron chi connectivity index (χ0n) is 19.5. The highest BCUT2D eigenvalue weighted by Gasteiger charge is 2.61. The zero-order chi connectivity index (χ0) is 25.8. The molecular formula is C29H19Br2ClN2OS2. The van der Waals surface area contributed by atoms with E-state index >= 15 is 0 Å². The third kappa shape index (κ3) is 4.10. The number of carbonyl (C=O) groups excluding carboxylic acids is 1. The van der Waals surface area contributed by atoms with Crippen LogP contribution < -0.4 is 5.01 Å². The van der Waals surface area contributed by atoms with Crippen molar-refractivity contribution in [3.05, 3.63) is 133 Å². The molecule has 2 aliphatic heterocycles. The van der Waals surface area contributed by atoms with Gasteiger partial charge in [0.2, 0.25) is 0 Å². The number of benzene rings is 4. The van der Waals surface area contributed by atoms with Gasteiger partial charge in [0.05, 0.1) is 10.4 Å². The van der Waals surface area contributed by atoms with Crippen LogP contribution in [0.15, 0.2) is 111 Å². The van der Waals surface area contributed by atoms with Crippen LogP contribution in [0.5, 0.6) is 0 Å². The van der Waals surface area contributed by atoms with Crippen LogP contribution in [-0.4, -0.2) is 10.8 Å². The van der Waals surface area contributed by atoms with Crippen molar-refractivity contribution < 1.29 is 4.79 Å². The Bertz CT molecular complexity index is 1510. The third-order valence-corrected chi connectivity index (χ3v) is 11.2. The fourth-order valence-corrected chi connectivity index (χ4v) is 9.18. The van der Waals surface area contributed by atoms with Gasteiger partial charge in [-0.25, -0.2) is 5.01 Å². The van der Waals surface area contributed by atoms with Gasteiger partial charge in [-0.2, -0.15) is 5.10 Å². The van der Waals surface area contributed by atoms with Gasteiger partial charge in [-0.15, -0.1) is 0 Å². The normalized spacial score (nSPS) is 19.7. The lowest BCUT2D eigenvalue weighted by Gasteiger charge is -2.37.